The summed E-state index contributed by atoms with van der Waals surface area (Å²) < 4.78 is 1.79. The van der Waals surface area contributed by atoms with Crippen molar-refractivity contribution in [1.29, 1.82) is 0 Å². The topological polar surface area (TPSA) is 30.7 Å². The monoisotopic (exact) mass is 158 g/mol. The Kier molecular flexibility index (Phi) is 1.63. The fraction of sp³-hybridized carbons (Fsp3) is 0.111. The second-order valence-corrected chi connectivity index (χ2v) is 2.46. The number of nitrogens with zero attached hydrogens (tertiary/aromatic N) is 3. The number of fused-ring (bicyclic) bond motifs is 1. The van der Waals surface area contributed by atoms with Crippen molar-refractivity contribution in [1.82, 2.24) is 15.0 Å². The Bertz CT molecular complexity index is 403. The molecule has 1 aromatic heterocycles. The van der Waals surface area contributed by atoms with Crippen LogP contribution in [0.5, 0.6) is 0 Å². The Morgan fingerprint density at radius 2 is 2.58 bits per heavy atom. The van der Waals surface area contributed by atoms with E-state index in [1.54, 1.807) is 10.8 Å². The molecule has 0 amide bonds. The highest BCUT2D eigenvalue weighted by atomic mass is 15.4. The van der Waals surface area contributed by atoms with E-state index in [-0.39, 0.29) is 0 Å². The zero-order valence-corrected chi connectivity index (χ0v) is 6.57. The van der Waals surface area contributed by atoms with Crippen LogP contribution in [0.1, 0.15) is 0 Å². The van der Waals surface area contributed by atoms with E-state index in [0.29, 0.717) is 6.54 Å². The van der Waals surface area contributed by atoms with E-state index >= 15 is 0 Å². The number of hydrogen-bond acceptors (Lipinski definition) is 2. The van der Waals surface area contributed by atoms with Crippen molar-refractivity contribution in [2.24, 2.45) is 0 Å². The van der Waals surface area contributed by atoms with E-state index in [1.165, 1.54) is 0 Å². The van der Waals surface area contributed by atoms with Crippen LogP contribution in [0.25, 0.3) is 11.0 Å². The Balaban J connectivity index is 2.62. The van der Waals surface area contributed by atoms with Crippen LogP contribution in [0.2, 0.25) is 0 Å². The number of hydrogen-bond donors (Lipinski definition) is 0. The van der Waals surface area contributed by atoms with Gasteiger partial charge in [0.15, 0.2) is 0 Å². The van der Waals surface area contributed by atoms with Gasteiger partial charge in [0.1, 0.15) is 5.52 Å². The minimum Gasteiger partial charge on any atom is -0.241 e. The molecule has 0 unspecified atom stereocenters. The van der Waals surface area contributed by atoms with E-state index in [2.05, 4.69) is 23.0 Å². The van der Waals surface area contributed by atoms with Crippen LogP contribution < -0.4 is 0 Å². The normalized spacial score (nSPS) is 10.3. The van der Waals surface area contributed by atoms with Crippen LogP contribution in [-0.4, -0.2) is 15.0 Å². The molecule has 0 saturated heterocycles. The lowest BCUT2D eigenvalue weighted by atomic mass is 10.3. The number of allylic oxidation sites excluding steroid dienone is 1. The average molecular weight is 158 g/mol. The van der Waals surface area contributed by atoms with Crippen molar-refractivity contribution in [2.75, 3.05) is 0 Å². The molecule has 0 bridgehead atoms. The first-order valence-electron chi connectivity index (χ1n) is 3.72. The van der Waals surface area contributed by atoms with Crippen LogP contribution in [0.15, 0.2) is 30.9 Å². The molecule has 0 atom stereocenters. The van der Waals surface area contributed by atoms with Gasteiger partial charge in [0.25, 0.3) is 0 Å². The van der Waals surface area contributed by atoms with Crippen molar-refractivity contribution >= 4 is 11.0 Å². The second kappa shape index (κ2) is 2.77. The summed E-state index contributed by atoms with van der Waals surface area (Å²) >= 11 is 0. The highest BCUT2D eigenvalue weighted by molar-refractivity contribution is 5.73. The molecule has 0 saturated carbocycles. The number of aromatic nitrogens is 3. The SMILES string of the molecule is C=CCn1nnc2[c]cccc21. The van der Waals surface area contributed by atoms with Gasteiger partial charge in [-0.3, -0.25) is 0 Å². The van der Waals surface area contributed by atoms with Gasteiger partial charge in [-0.25, -0.2) is 4.68 Å². The van der Waals surface area contributed by atoms with Crippen molar-refractivity contribution in [3.8, 4) is 0 Å². The van der Waals surface area contributed by atoms with E-state index in [9.17, 15) is 0 Å². The lowest BCUT2D eigenvalue weighted by molar-refractivity contribution is 0.683. The summed E-state index contributed by atoms with van der Waals surface area (Å²) in [6.07, 6.45) is 1.79. The predicted octanol–water partition coefficient (Wildman–Crippen LogP) is 1.42. The van der Waals surface area contributed by atoms with Crippen LogP contribution >= 0.6 is 0 Å². The van der Waals surface area contributed by atoms with Gasteiger partial charge in [0.05, 0.1) is 12.1 Å². The third kappa shape index (κ3) is 0.993. The van der Waals surface area contributed by atoms with Gasteiger partial charge < -0.3 is 0 Å². The molecule has 1 heterocycles. The molecule has 2 aromatic rings. The third-order valence-corrected chi connectivity index (χ3v) is 1.65. The second-order valence-electron chi connectivity index (χ2n) is 2.46. The first kappa shape index (κ1) is 7.03. The van der Waals surface area contributed by atoms with Crippen LogP contribution in [0.4, 0.5) is 0 Å². The summed E-state index contributed by atoms with van der Waals surface area (Å²) in [5.41, 5.74) is 1.80. The Morgan fingerprint density at radius 3 is 3.42 bits per heavy atom. The molecule has 0 aliphatic rings. The molecule has 12 heavy (non-hydrogen) atoms. The first-order valence-corrected chi connectivity index (χ1v) is 3.72. The molecule has 2 rings (SSSR count). The molecule has 0 aliphatic heterocycles. The van der Waals surface area contributed by atoms with Crippen LogP contribution in [-0.2, 0) is 6.54 Å². The maximum absolute atomic E-state index is 3.95. The molecule has 0 N–H and O–H groups in total. The molecule has 0 aliphatic carbocycles. The maximum atomic E-state index is 3.95. The van der Waals surface area contributed by atoms with Crippen molar-refractivity contribution in [2.45, 2.75) is 6.54 Å². The minimum absolute atomic E-state index is 0.689. The molecule has 0 fully saturated rings. The van der Waals surface area contributed by atoms with E-state index < -0.39 is 0 Å². The third-order valence-electron chi connectivity index (χ3n) is 1.65. The van der Waals surface area contributed by atoms with Crippen LogP contribution in [0, 0.1) is 6.07 Å². The van der Waals surface area contributed by atoms with Crippen molar-refractivity contribution < 1.29 is 0 Å². The van der Waals surface area contributed by atoms with Gasteiger partial charge in [-0.1, -0.05) is 23.4 Å². The van der Waals surface area contributed by atoms with E-state index in [0.717, 1.165) is 11.0 Å². The molecule has 0 spiro atoms. The smallest absolute Gasteiger partial charge is 0.121 e. The molecule has 3 heteroatoms. The largest absolute Gasteiger partial charge is 0.241 e. The summed E-state index contributed by atoms with van der Waals surface area (Å²) in [7, 11) is 0. The molecular weight excluding hydrogens is 150 g/mol. The summed E-state index contributed by atoms with van der Waals surface area (Å²) in [5, 5.41) is 7.90. The fourth-order valence-electron chi connectivity index (χ4n) is 1.11. The van der Waals surface area contributed by atoms with Gasteiger partial charge in [-0.2, -0.15) is 0 Å². The fourth-order valence-corrected chi connectivity index (χ4v) is 1.11. The number of benzene rings is 1. The zero-order chi connectivity index (χ0) is 8.39. The summed E-state index contributed by atoms with van der Waals surface area (Å²) in [6.45, 7) is 4.33. The summed E-state index contributed by atoms with van der Waals surface area (Å²) in [5.74, 6) is 0. The quantitative estimate of drug-likeness (QED) is 0.619. The Morgan fingerprint density at radius 1 is 1.67 bits per heavy atom. The van der Waals surface area contributed by atoms with Gasteiger partial charge in [0.2, 0.25) is 0 Å². The molecule has 1 aromatic carbocycles. The molecule has 1 radical (unpaired) electrons. The van der Waals surface area contributed by atoms with Crippen LogP contribution in [0.3, 0.4) is 0 Å². The predicted molar refractivity (Wildman–Crippen MR) is 46.6 cm³/mol. The van der Waals surface area contributed by atoms with E-state index in [4.69, 9.17) is 0 Å². The van der Waals surface area contributed by atoms with Gasteiger partial charge in [-0.15, -0.1) is 11.7 Å². The standard InChI is InChI=1S/C9H8N3/c1-2-7-12-9-6-4-3-5-8(9)10-11-12/h2-4,6H,1,7H2. The molecule has 59 valence electrons. The van der Waals surface area contributed by atoms with Gasteiger partial charge in [0, 0.05) is 6.07 Å². The Labute approximate surface area is 70.3 Å². The van der Waals surface area contributed by atoms with Gasteiger partial charge in [-0.05, 0) is 6.07 Å². The lowest BCUT2D eigenvalue weighted by Crippen LogP contribution is -1.96. The van der Waals surface area contributed by atoms with E-state index in [1.807, 2.05) is 18.2 Å². The lowest BCUT2D eigenvalue weighted by Gasteiger charge is -1.94. The number of rotatable bonds is 2. The molecular formula is C9H8N3. The summed E-state index contributed by atoms with van der Waals surface area (Å²) in [4.78, 5) is 0. The minimum atomic E-state index is 0.689. The van der Waals surface area contributed by atoms with Gasteiger partial charge >= 0.3 is 0 Å². The summed E-state index contributed by atoms with van der Waals surface area (Å²) in [6, 6.07) is 8.72. The highest BCUT2D eigenvalue weighted by Gasteiger charge is 1.99. The highest BCUT2D eigenvalue weighted by Crippen LogP contribution is 2.08. The average Bonchev–Trinajstić information content (AvgIpc) is 2.50. The zero-order valence-electron chi connectivity index (χ0n) is 6.57. The van der Waals surface area contributed by atoms with Crippen molar-refractivity contribution in [3.63, 3.8) is 0 Å². The maximum Gasteiger partial charge on any atom is 0.121 e. The van der Waals surface area contributed by atoms with Crippen molar-refractivity contribution in [3.05, 3.63) is 36.9 Å². The molecule has 3 nitrogen and oxygen atoms in total. The first-order chi connectivity index (χ1) is 5.92. The Hall–Kier alpha value is -1.64.